The van der Waals surface area contributed by atoms with Crippen molar-refractivity contribution in [2.75, 3.05) is 31.7 Å². The highest BCUT2D eigenvalue weighted by molar-refractivity contribution is 5.89. The first-order valence-corrected chi connectivity index (χ1v) is 24.2. The van der Waals surface area contributed by atoms with E-state index in [1.54, 1.807) is 0 Å². The number of ether oxygens (including phenoxy) is 4. The summed E-state index contributed by atoms with van der Waals surface area (Å²) >= 11 is 0. The molecule has 5 aliphatic rings. The standard InChI is InChI=1S/C51H76FN3O10/c1-31(2)32(3)47(5)24-25-49(7)36-20-21-40-48(6)29-62-30-51(40,37(36)22-23-50(49,8)42(47)44(58)59)28-39(64-33(4)56)43(48)65-41(57)15-10-9-13-27-63-45(60)38(53)14-11-12-26-54-46(61)55-35-18-16-34(52)17-19-35/h16-19,22,31-32,36,38-40,42-43H,9-15,20-21,23-30,53H2,1-8H3,(H,58,59)(H2,54,55,61)/t32-,36+,38?,39-,40+,42-,43+,47-,48-,49-,50+,51+/m1/s1. The average Bonchev–Trinajstić information content (AvgIpc) is 3.23. The zero-order valence-corrected chi connectivity index (χ0v) is 40.1. The molecule has 6 rings (SSSR count). The Kier molecular flexibility index (Phi) is 15.5. The Labute approximate surface area is 385 Å². The van der Waals surface area contributed by atoms with Crippen LogP contribution in [0.15, 0.2) is 35.9 Å². The Balaban J connectivity index is 1.01. The number of halogens is 1. The van der Waals surface area contributed by atoms with Gasteiger partial charge in [-0.3, -0.25) is 19.2 Å². The molecule has 5 N–H and O–H groups in total. The van der Waals surface area contributed by atoms with E-state index in [0.717, 1.165) is 25.7 Å². The van der Waals surface area contributed by atoms with E-state index in [-0.39, 0.29) is 53.4 Å². The molecule has 65 heavy (non-hydrogen) atoms. The fourth-order valence-electron chi connectivity index (χ4n) is 13.7. The zero-order valence-electron chi connectivity index (χ0n) is 40.1. The highest BCUT2D eigenvalue weighted by Gasteiger charge is 2.72. The average molecular weight is 910 g/mol. The second kappa shape index (κ2) is 20.1. The molecule has 14 heteroatoms. The van der Waals surface area contributed by atoms with E-state index >= 15 is 0 Å². The van der Waals surface area contributed by atoms with Gasteiger partial charge < -0.3 is 40.4 Å². The largest absolute Gasteiger partial charge is 0.481 e. The number of allylic oxidation sites excluding steroid dienone is 1. The lowest BCUT2D eigenvalue weighted by atomic mass is 9.34. The molecular formula is C51H76FN3O10. The summed E-state index contributed by atoms with van der Waals surface area (Å²) in [6, 6.07) is 4.26. The van der Waals surface area contributed by atoms with E-state index in [0.29, 0.717) is 82.7 Å². The van der Waals surface area contributed by atoms with E-state index in [9.17, 15) is 33.5 Å². The fourth-order valence-corrected chi connectivity index (χ4v) is 13.7. The van der Waals surface area contributed by atoms with Crippen LogP contribution in [0.5, 0.6) is 0 Å². The maximum atomic E-state index is 13.6. The molecule has 0 radical (unpaired) electrons. The molecule has 0 spiro atoms. The smallest absolute Gasteiger partial charge is 0.322 e. The van der Waals surface area contributed by atoms with Gasteiger partial charge in [-0.25, -0.2) is 9.18 Å². The first-order chi connectivity index (χ1) is 30.6. The van der Waals surface area contributed by atoms with Crippen molar-refractivity contribution >= 4 is 35.6 Å². The van der Waals surface area contributed by atoms with E-state index in [4.69, 9.17) is 24.7 Å². The van der Waals surface area contributed by atoms with Crippen LogP contribution >= 0.6 is 0 Å². The summed E-state index contributed by atoms with van der Waals surface area (Å²) in [4.78, 5) is 64.3. The van der Waals surface area contributed by atoms with E-state index < -0.39 is 64.4 Å². The van der Waals surface area contributed by atoms with Crippen LogP contribution in [-0.4, -0.2) is 79.6 Å². The van der Waals surface area contributed by atoms with Crippen molar-refractivity contribution in [1.29, 1.82) is 0 Å². The Hall–Kier alpha value is -4.04. The number of esters is 3. The summed E-state index contributed by atoms with van der Waals surface area (Å²) in [7, 11) is 0. The molecule has 1 saturated heterocycles. The van der Waals surface area contributed by atoms with Gasteiger partial charge in [0.2, 0.25) is 0 Å². The molecule has 3 saturated carbocycles. The lowest BCUT2D eigenvalue weighted by Crippen LogP contribution is -2.70. The van der Waals surface area contributed by atoms with Crippen LogP contribution in [-0.2, 0) is 38.1 Å². The molecule has 13 nitrogen and oxygen atoms in total. The molecule has 4 fully saturated rings. The van der Waals surface area contributed by atoms with Crippen molar-refractivity contribution in [3.8, 4) is 0 Å². The number of carboxylic acids is 1. The first-order valence-electron chi connectivity index (χ1n) is 24.2. The number of urea groups is 1. The number of fused-ring (bicyclic) bond motifs is 3. The maximum absolute atomic E-state index is 13.6. The second-order valence-corrected chi connectivity index (χ2v) is 21.6. The molecular weight excluding hydrogens is 834 g/mol. The normalized spacial score (nSPS) is 34.6. The van der Waals surface area contributed by atoms with E-state index in [1.165, 1.54) is 36.8 Å². The minimum absolute atomic E-state index is 0.118. The van der Waals surface area contributed by atoms with Crippen molar-refractivity contribution in [1.82, 2.24) is 5.32 Å². The molecule has 362 valence electrons. The number of benzene rings is 1. The predicted octanol–water partition coefficient (Wildman–Crippen LogP) is 8.98. The van der Waals surface area contributed by atoms with Crippen LogP contribution in [0, 0.1) is 62.5 Å². The maximum Gasteiger partial charge on any atom is 0.322 e. The zero-order chi connectivity index (χ0) is 47.5. The van der Waals surface area contributed by atoms with Gasteiger partial charge in [0.1, 0.15) is 24.1 Å². The number of hydrogen-bond acceptors (Lipinski definition) is 10. The molecule has 2 bridgehead atoms. The number of hydrogen-bond donors (Lipinski definition) is 4. The topological polar surface area (TPSA) is 193 Å². The summed E-state index contributed by atoms with van der Waals surface area (Å²) in [6.07, 6.45) is 9.18. The highest BCUT2D eigenvalue weighted by Crippen LogP contribution is 2.75. The predicted molar refractivity (Wildman–Crippen MR) is 244 cm³/mol. The number of aliphatic carboxylic acids is 1. The molecule has 4 aliphatic carbocycles. The molecule has 1 aromatic rings. The van der Waals surface area contributed by atoms with E-state index in [1.807, 2.05) is 0 Å². The Morgan fingerprint density at radius 2 is 1.65 bits per heavy atom. The third kappa shape index (κ3) is 9.86. The van der Waals surface area contributed by atoms with Crippen molar-refractivity contribution < 1.29 is 52.4 Å². The minimum atomic E-state index is -0.790. The molecule has 2 amide bonds. The van der Waals surface area contributed by atoms with Crippen LogP contribution in [0.3, 0.4) is 0 Å². The molecule has 12 atom stereocenters. The number of anilines is 1. The van der Waals surface area contributed by atoms with Gasteiger partial charge in [0.15, 0.2) is 0 Å². The fraction of sp³-hybridized carbons (Fsp3) is 0.745. The number of carbonyl (C=O) groups is 5. The second-order valence-electron chi connectivity index (χ2n) is 21.6. The van der Waals surface area contributed by atoms with Gasteiger partial charge in [0, 0.05) is 36.4 Å². The van der Waals surface area contributed by atoms with Gasteiger partial charge in [0.05, 0.1) is 25.7 Å². The number of unbranched alkanes of at least 4 members (excludes halogenated alkanes) is 3. The summed E-state index contributed by atoms with van der Waals surface area (Å²) in [5.74, 6) is -2.01. The van der Waals surface area contributed by atoms with Crippen LogP contribution in [0.25, 0.3) is 0 Å². The van der Waals surface area contributed by atoms with Crippen molar-refractivity contribution in [3.05, 3.63) is 41.7 Å². The van der Waals surface area contributed by atoms with Gasteiger partial charge in [-0.05, 0) is 141 Å². The van der Waals surface area contributed by atoms with Crippen LogP contribution in [0.4, 0.5) is 14.9 Å². The first kappa shape index (κ1) is 50.4. The van der Waals surface area contributed by atoms with Gasteiger partial charge in [-0.1, -0.05) is 60.1 Å². The Morgan fingerprint density at radius 1 is 0.923 bits per heavy atom. The molecule has 0 aromatic heterocycles. The number of rotatable bonds is 18. The lowest BCUT2D eigenvalue weighted by molar-refractivity contribution is -0.263. The van der Waals surface area contributed by atoms with Crippen molar-refractivity contribution in [2.24, 2.45) is 62.4 Å². The number of carboxylic acid groups (broad SMARTS) is 1. The van der Waals surface area contributed by atoms with Gasteiger partial charge in [0.25, 0.3) is 0 Å². The number of amides is 2. The molecule has 1 aromatic carbocycles. The SMILES string of the molecule is CC(=O)O[C@@H]1C[C@@]23COC[C@](C)([C@@H]2CC[C@H]2C3=CC[C@@]3(C)[C@H](C(=O)O)[C@@](C)([C@H](C)C(C)C)CC[C@]23C)[C@H]1OC(=O)CCCCCOC(=O)C(N)CCCCNC(=O)Nc1ccc(F)cc1. The monoisotopic (exact) mass is 910 g/mol. The van der Waals surface area contributed by atoms with Crippen LogP contribution in [0.2, 0.25) is 0 Å². The lowest BCUT2D eigenvalue weighted by Gasteiger charge is -2.71. The third-order valence-electron chi connectivity index (χ3n) is 17.5. The van der Waals surface area contributed by atoms with Crippen molar-refractivity contribution in [2.45, 2.75) is 157 Å². The number of nitrogens with one attached hydrogen (secondary N) is 2. The molecule has 1 heterocycles. The van der Waals surface area contributed by atoms with Gasteiger partial charge >= 0.3 is 29.9 Å². The quantitative estimate of drug-likeness (QED) is 0.0476. The molecule has 1 unspecified atom stereocenters. The summed E-state index contributed by atoms with van der Waals surface area (Å²) < 4.78 is 37.5. The van der Waals surface area contributed by atoms with Crippen LogP contribution in [0.1, 0.15) is 139 Å². The van der Waals surface area contributed by atoms with Gasteiger partial charge in [-0.15, -0.1) is 0 Å². The number of carbonyl (C=O) groups excluding carboxylic acids is 4. The van der Waals surface area contributed by atoms with E-state index in [2.05, 4.69) is 65.2 Å². The van der Waals surface area contributed by atoms with Crippen molar-refractivity contribution in [3.63, 3.8) is 0 Å². The third-order valence-corrected chi connectivity index (χ3v) is 17.5. The summed E-state index contributed by atoms with van der Waals surface area (Å²) in [6.45, 7) is 18.4. The van der Waals surface area contributed by atoms with Gasteiger partial charge in [-0.2, -0.15) is 0 Å². The Morgan fingerprint density at radius 3 is 2.32 bits per heavy atom. The summed E-state index contributed by atoms with van der Waals surface area (Å²) in [5, 5.41) is 16.4. The molecule has 1 aliphatic heterocycles. The minimum Gasteiger partial charge on any atom is -0.481 e. The van der Waals surface area contributed by atoms with Crippen LogP contribution < -0.4 is 16.4 Å². The Bertz CT molecular complexity index is 1940. The number of nitrogens with two attached hydrogens (primary N) is 1. The summed E-state index contributed by atoms with van der Waals surface area (Å²) in [5.41, 5.74) is 5.74. The highest BCUT2D eigenvalue weighted by atomic mass is 19.1.